The van der Waals surface area contributed by atoms with Crippen molar-refractivity contribution in [3.63, 3.8) is 0 Å². The van der Waals surface area contributed by atoms with E-state index in [1.165, 1.54) is 0 Å². The molecule has 104 valence electrons. The van der Waals surface area contributed by atoms with E-state index in [4.69, 9.17) is 9.84 Å². The molecule has 0 spiro atoms. The van der Waals surface area contributed by atoms with E-state index in [1.54, 1.807) is 0 Å². The Morgan fingerprint density at radius 2 is 2.06 bits per heavy atom. The third kappa shape index (κ3) is 4.94. The van der Waals surface area contributed by atoms with Crippen LogP contribution in [0.2, 0.25) is 0 Å². The maximum Gasteiger partial charge on any atom is 0.407 e. The maximum absolute atomic E-state index is 11.4. The van der Waals surface area contributed by atoms with Gasteiger partial charge in [0.2, 0.25) is 0 Å². The highest BCUT2D eigenvalue weighted by molar-refractivity contribution is 5.71. The molecule has 1 aliphatic carbocycles. The van der Waals surface area contributed by atoms with Crippen LogP contribution in [-0.2, 0) is 9.53 Å². The molecule has 0 unspecified atom stereocenters. The summed E-state index contributed by atoms with van der Waals surface area (Å²) in [5.41, 5.74) is 0. The van der Waals surface area contributed by atoms with Gasteiger partial charge in [0.25, 0.3) is 0 Å². The van der Waals surface area contributed by atoms with E-state index >= 15 is 0 Å². The fourth-order valence-corrected chi connectivity index (χ4v) is 2.35. The highest BCUT2D eigenvalue weighted by Crippen LogP contribution is 2.29. The standard InChI is InChI=1S/C13H23NO4/c1-2-3-8-18-13(17)14-9-10-6-4-5-7-11(10)12(15)16/h10-11H,2-9H2,1H3,(H,14,17)(H,15,16)/t10-,11-/m0/s1. The van der Waals surface area contributed by atoms with E-state index in [0.29, 0.717) is 19.6 Å². The number of alkyl carbamates (subject to hydrolysis) is 1. The molecule has 0 radical (unpaired) electrons. The van der Waals surface area contributed by atoms with Crippen LogP contribution in [0.3, 0.4) is 0 Å². The lowest BCUT2D eigenvalue weighted by Crippen LogP contribution is -2.37. The average Bonchev–Trinajstić information content (AvgIpc) is 2.37. The molecule has 2 N–H and O–H groups in total. The number of carboxylic acids is 1. The number of carboxylic acid groups (broad SMARTS) is 1. The van der Waals surface area contributed by atoms with Crippen molar-refractivity contribution < 1.29 is 19.4 Å². The molecule has 1 saturated carbocycles. The Morgan fingerprint density at radius 3 is 2.72 bits per heavy atom. The normalized spacial score (nSPS) is 23.4. The minimum Gasteiger partial charge on any atom is -0.481 e. The number of hydrogen-bond donors (Lipinski definition) is 2. The van der Waals surface area contributed by atoms with Crippen molar-refractivity contribution in [1.29, 1.82) is 0 Å². The smallest absolute Gasteiger partial charge is 0.407 e. The SMILES string of the molecule is CCCCOC(=O)NC[C@@H]1CCCC[C@@H]1C(=O)O. The van der Waals surface area contributed by atoms with Crippen molar-refractivity contribution in [3.8, 4) is 0 Å². The van der Waals surface area contributed by atoms with E-state index in [1.807, 2.05) is 6.92 Å². The van der Waals surface area contributed by atoms with Gasteiger partial charge in [-0.3, -0.25) is 4.79 Å². The molecule has 5 heteroatoms. The first kappa shape index (κ1) is 14.8. The highest BCUT2D eigenvalue weighted by atomic mass is 16.5. The maximum atomic E-state index is 11.4. The molecular weight excluding hydrogens is 234 g/mol. The number of unbranched alkanes of at least 4 members (excludes halogenated alkanes) is 1. The molecule has 2 atom stereocenters. The van der Waals surface area contributed by atoms with Crippen LogP contribution in [0.4, 0.5) is 4.79 Å². The van der Waals surface area contributed by atoms with Crippen molar-refractivity contribution in [2.24, 2.45) is 11.8 Å². The first-order valence-corrected chi connectivity index (χ1v) is 6.78. The van der Waals surface area contributed by atoms with E-state index in [9.17, 15) is 9.59 Å². The van der Waals surface area contributed by atoms with E-state index in [2.05, 4.69) is 5.32 Å². The predicted octanol–water partition coefficient (Wildman–Crippen LogP) is 2.40. The van der Waals surface area contributed by atoms with Gasteiger partial charge in [-0.1, -0.05) is 26.2 Å². The van der Waals surface area contributed by atoms with E-state index < -0.39 is 12.1 Å². The third-order valence-electron chi connectivity index (χ3n) is 3.47. The van der Waals surface area contributed by atoms with Gasteiger partial charge in [0, 0.05) is 6.54 Å². The fraction of sp³-hybridized carbons (Fsp3) is 0.846. The van der Waals surface area contributed by atoms with Crippen molar-refractivity contribution in [1.82, 2.24) is 5.32 Å². The van der Waals surface area contributed by atoms with Crippen LogP contribution in [0, 0.1) is 11.8 Å². The molecule has 0 heterocycles. The second-order valence-electron chi connectivity index (χ2n) is 4.86. The Hall–Kier alpha value is -1.26. The topological polar surface area (TPSA) is 75.6 Å². The summed E-state index contributed by atoms with van der Waals surface area (Å²) in [6.07, 6.45) is 5.00. The highest BCUT2D eigenvalue weighted by Gasteiger charge is 2.30. The molecule has 0 saturated heterocycles. The Balaban J connectivity index is 2.27. The van der Waals surface area contributed by atoms with Gasteiger partial charge in [-0.2, -0.15) is 0 Å². The summed E-state index contributed by atoms with van der Waals surface area (Å²) < 4.78 is 4.97. The van der Waals surface area contributed by atoms with Gasteiger partial charge in [-0.25, -0.2) is 4.79 Å². The lowest BCUT2D eigenvalue weighted by atomic mass is 9.79. The molecule has 5 nitrogen and oxygen atoms in total. The third-order valence-corrected chi connectivity index (χ3v) is 3.47. The van der Waals surface area contributed by atoms with Crippen LogP contribution >= 0.6 is 0 Å². The van der Waals surface area contributed by atoms with Crippen molar-refractivity contribution in [2.45, 2.75) is 45.4 Å². The zero-order valence-corrected chi connectivity index (χ0v) is 11.0. The van der Waals surface area contributed by atoms with Gasteiger partial charge in [0.05, 0.1) is 12.5 Å². The number of amides is 1. The number of nitrogens with one attached hydrogen (secondary N) is 1. The number of aliphatic carboxylic acids is 1. The molecule has 1 aliphatic rings. The van der Waals surface area contributed by atoms with Crippen LogP contribution in [-0.4, -0.2) is 30.3 Å². The van der Waals surface area contributed by atoms with Gasteiger partial charge in [-0.05, 0) is 25.2 Å². The second-order valence-corrected chi connectivity index (χ2v) is 4.86. The molecule has 1 amide bonds. The minimum atomic E-state index is -0.749. The first-order valence-electron chi connectivity index (χ1n) is 6.78. The van der Waals surface area contributed by atoms with E-state index in [-0.39, 0.29) is 11.8 Å². The molecule has 0 aromatic carbocycles. The number of carbonyl (C=O) groups excluding carboxylic acids is 1. The van der Waals surface area contributed by atoms with Gasteiger partial charge in [-0.15, -0.1) is 0 Å². The van der Waals surface area contributed by atoms with Crippen molar-refractivity contribution in [2.75, 3.05) is 13.2 Å². The number of rotatable bonds is 6. The van der Waals surface area contributed by atoms with Gasteiger partial charge in [0.1, 0.15) is 0 Å². The summed E-state index contributed by atoms with van der Waals surface area (Å²) in [7, 11) is 0. The van der Waals surface area contributed by atoms with Crippen molar-refractivity contribution >= 4 is 12.1 Å². The number of hydrogen-bond acceptors (Lipinski definition) is 3. The largest absolute Gasteiger partial charge is 0.481 e. The monoisotopic (exact) mass is 257 g/mol. The summed E-state index contributed by atoms with van der Waals surface area (Å²) >= 11 is 0. The predicted molar refractivity (Wildman–Crippen MR) is 67.3 cm³/mol. The molecule has 0 aliphatic heterocycles. The van der Waals surface area contributed by atoms with Crippen LogP contribution in [0.25, 0.3) is 0 Å². The Labute approximate surface area is 108 Å². The number of carbonyl (C=O) groups is 2. The number of ether oxygens (including phenoxy) is 1. The van der Waals surface area contributed by atoms with E-state index in [0.717, 1.165) is 32.1 Å². The Kier molecular flexibility index (Phi) is 6.54. The van der Waals surface area contributed by atoms with Crippen LogP contribution in [0.15, 0.2) is 0 Å². The summed E-state index contributed by atoms with van der Waals surface area (Å²) in [6, 6.07) is 0. The molecule has 1 rings (SSSR count). The quantitative estimate of drug-likeness (QED) is 0.716. The summed E-state index contributed by atoms with van der Waals surface area (Å²) in [5.74, 6) is -1.04. The zero-order valence-electron chi connectivity index (χ0n) is 11.0. The van der Waals surface area contributed by atoms with Crippen LogP contribution in [0.5, 0.6) is 0 Å². The summed E-state index contributed by atoms with van der Waals surface area (Å²) in [4.78, 5) is 22.4. The lowest BCUT2D eigenvalue weighted by Gasteiger charge is -2.28. The Bertz CT molecular complexity index is 280. The average molecular weight is 257 g/mol. The van der Waals surface area contributed by atoms with Crippen molar-refractivity contribution in [3.05, 3.63) is 0 Å². The molecule has 0 aromatic heterocycles. The van der Waals surface area contributed by atoms with Gasteiger partial charge >= 0.3 is 12.1 Å². The van der Waals surface area contributed by atoms with Gasteiger partial charge in [0.15, 0.2) is 0 Å². The van der Waals surface area contributed by atoms with Crippen LogP contribution in [0.1, 0.15) is 45.4 Å². The fourth-order valence-electron chi connectivity index (χ4n) is 2.35. The minimum absolute atomic E-state index is 0.0370. The lowest BCUT2D eigenvalue weighted by molar-refractivity contribution is -0.144. The summed E-state index contributed by atoms with van der Waals surface area (Å²) in [6.45, 7) is 2.86. The zero-order chi connectivity index (χ0) is 13.4. The molecule has 18 heavy (non-hydrogen) atoms. The molecular formula is C13H23NO4. The van der Waals surface area contributed by atoms with Gasteiger partial charge < -0.3 is 15.2 Å². The van der Waals surface area contributed by atoms with Crippen LogP contribution < -0.4 is 5.32 Å². The second kappa shape index (κ2) is 7.95. The summed E-state index contributed by atoms with van der Waals surface area (Å²) in [5, 5.41) is 11.8. The first-order chi connectivity index (χ1) is 8.65. The Morgan fingerprint density at radius 1 is 1.33 bits per heavy atom. The molecule has 1 fully saturated rings. The molecule has 0 aromatic rings. The molecule has 0 bridgehead atoms.